The quantitative estimate of drug-likeness (QED) is 0.180. The van der Waals surface area contributed by atoms with Gasteiger partial charge in [0.15, 0.2) is 0 Å². The lowest BCUT2D eigenvalue weighted by Gasteiger charge is -2.22. The summed E-state index contributed by atoms with van der Waals surface area (Å²) >= 11 is 0. The molecule has 0 fully saturated rings. The Kier molecular flexibility index (Phi) is 20.4. The monoisotopic (exact) mass is 410 g/mol. The highest BCUT2D eigenvalue weighted by Crippen LogP contribution is 2.28. The maximum absolute atomic E-state index is 11.8. The predicted octanol–water partition coefficient (Wildman–Crippen LogP) is 9.41. The van der Waals surface area contributed by atoms with E-state index >= 15 is 0 Å². The van der Waals surface area contributed by atoms with Crippen LogP contribution in [0.2, 0.25) is 0 Å². The Morgan fingerprint density at radius 3 is 1.69 bits per heavy atom. The van der Waals surface area contributed by atoms with Crippen LogP contribution in [0.25, 0.3) is 0 Å². The molecular weight excluding hydrogens is 356 g/mol. The van der Waals surface area contributed by atoms with Gasteiger partial charge in [-0.2, -0.15) is 0 Å². The second kappa shape index (κ2) is 20.7. The Bertz CT molecular complexity index is 352. The third kappa shape index (κ3) is 18.0. The van der Waals surface area contributed by atoms with Gasteiger partial charge in [0.2, 0.25) is 0 Å². The minimum absolute atomic E-state index is 0.126. The summed E-state index contributed by atoms with van der Waals surface area (Å²) in [6.07, 6.45) is 24.1. The van der Waals surface area contributed by atoms with Crippen LogP contribution in [0.4, 0.5) is 0 Å². The first kappa shape index (κ1) is 28.5. The first-order valence-corrected chi connectivity index (χ1v) is 13.3. The molecule has 0 bridgehead atoms. The van der Waals surface area contributed by atoms with Gasteiger partial charge >= 0.3 is 5.97 Å². The molecule has 0 spiro atoms. The summed E-state index contributed by atoms with van der Waals surface area (Å²) in [6.45, 7) is 9.06. The van der Waals surface area contributed by atoms with Crippen LogP contribution in [0.15, 0.2) is 0 Å². The molecule has 2 heteroatoms. The van der Waals surface area contributed by atoms with Gasteiger partial charge in [0.05, 0.1) is 5.92 Å². The molecule has 0 aliphatic heterocycles. The minimum Gasteiger partial charge on any atom is -0.481 e. The predicted molar refractivity (Wildman–Crippen MR) is 129 cm³/mol. The molecule has 0 aromatic heterocycles. The Balaban J connectivity index is 3.88. The average molecular weight is 411 g/mol. The molecular formula is C27H54O2. The number of carbonyl (C=O) groups is 1. The normalized spacial score (nSPS) is 14.6. The van der Waals surface area contributed by atoms with Crippen LogP contribution >= 0.6 is 0 Å². The van der Waals surface area contributed by atoms with Gasteiger partial charge in [-0.3, -0.25) is 4.79 Å². The number of aliphatic carboxylic acids is 1. The highest BCUT2D eigenvalue weighted by Gasteiger charge is 2.22. The molecule has 0 aromatic rings. The van der Waals surface area contributed by atoms with E-state index in [0.29, 0.717) is 11.8 Å². The van der Waals surface area contributed by atoms with Crippen molar-refractivity contribution < 1.29 is 9.90 Å². The average Bonchev–Trinajstić information content (AvgIpc) is 2.70. The summed E-state index contributed by atoms with van der Waals surface area (Å²) in [5.74, 6) is 0.594. The van der Waals surface area contributed by atoms with Gasteiger partial charge in [-0.05, 0) is 31.1 Å². The zero-order valence-electron chi connectivity index (χ0n) is 20.5. The molecule has 2 nitrogen and oxygen atoms in total. The molecule has 0 saturated carbocycles. The van der Waals surface area contributed by atoms with Gasteiger partial charge in [0.25, 0.3) is 0 Å². The molecule has 0 aliphatic carbocycles. The van der Waals surface area contributed by atoms with Crippen molar-refractivity contribution in [3.8, 4) is 0 Å². The van der Waals surface area contributed by atoms with E-state index in [9.17, 15) is 9.90 Å². The van der Waals surface area contributed by atoms with Gasteiger partial charge in [-0.1, -0.05) is 130 Å². The third-order valence-corrected chi connectivity index (χ3v) is 6.69. The molecule has 0 aliphatic rings. The fourth-order valence-corrected chi connectivity index (χ4v) is 4.64. The highest BCUT2D eigenvalue weighted by molar-refractivity contribution is 5.69. The van der Waals surface area contributed by atoms with Crippen LogP contribution in [-0.4, -0.2) is 11.1 Å². The Hall–Kier alpha value is -0.530. The van der Waals surface area contributed by atoms with Gasteiger partial charge < -0.3 is 5.11 Å². The first-order valence-electron chi connectivity index (χ1n) is 13.3. The van der Waals surface area contributed by atoms with Crippen molar-refractivity contribution in [1.29, 1.82) is 0 Å². The molecule has 0 heterocycles. The van der Waals surface area contributed by atoms with Crippen molar-refractivity contribution in [2.45, 2.75) is 150 Å². The lowest BCUT2D eigenvalue weighted by Crippen LogP contribution is -2.19. The molecule has 1 N–H and O–H groups in total. The standard InChI is InChI=1S/C27H54O2/c1-5-8-10-11-12-13-14-15-16-17-19-24(4)21-22-26(27(28)29)23-25(18-7-3)20-9-6-2/h24-26H,5-23H2,1-4H3,(H,28,29). The van der Waals surface area contributed by atoms with Crippen LogP contribution in [0.3, 0.4) is 0 Å². The van der Waals surface area contributed by atoms with Crippen LogP contribution < -0.4 is 0 Å². The lowest BCUT2D eigenvalue weighted by molar-refractivity contribution is -0.142. The second-order valence-electron chi connectivity index (χ2n) is 9.72. The van der Waals surface area contributed by atoms with Gasteiger partial charge in [-0.15, -0.1) is 0 Å². The number of carboxylic acids is 1. The van der Waals surface area contributed by atoms with Crippen molar-refractivity contribution in [3.05, 3.63) is 0 Å². The number of hydrogen-bond acceptors (Lipinski definition) is 1. The van der Waals surface area contributed by atoms with Crippen molar-refractivity contribution >= 4 is 5.97 Å². The van der Waals surface area contributed by atoms with Gasteiger partial charge in [0, 0.05) is 0 Å². The largest absolute Gasteiger partial charge is 0.481 e. The number of unbranched alkanes of at least 4 members (excludes halogenated alkanes) is 10. The lowest BCUT2D eigenvalue weighted by atomic mass is 9.83. The third-order valence-electron chi connectivity index (χ3n) is 6.69. The highest BCUT2D eigenvalue weighted by atomic mass is 16.4. The molecule has 3 unspecified atom stereocenters. The van der Waals surface area contributed by atoms with E-state index in [4.69, 9.17) is 0 Å². The van der Waals surface area contributed by atoms with Crippen molar-refractivity contribution in [2.75, 3.05) is 0 Å². The number of rotatable bonds is 22. The smallest absolute Gasteiger partial charge is 0.306 e. The van der Waals surface area contributed by atoms with Crippen LogP contribution in [-0.2, 0) is 4.79 Å². The van der Waals surface area contributed by atoms with Crippen LogP contribution in [0.1, 0.15) is 150 Å². The summed E-state index contributed by atoms with van der Waals surface area (Å²) in [5.41, 5.74) is 0. The Labute approximate surface area is 183 Å². The maximum Gasteiger partial charge on any atom is 0.306 e. The Morgan fingerprint density at radius 2 is 1.17 bits per heavy atom. The fraction of sp³-hybridized carbons (Fsp3) is 0.963. The topological polar surface area (TPSA) is 37.3 Å². The van der Waals surface area contributed by atoms with Crippen LogP contribution in [0, 0.1) is 17.8 Å². The Morgan fingerprint density at radius 1 is 0.621 bits per heavy atom. The van der Waals surface area contributed by atoms with Crippen molar-refractivity contribution in [2.24, 2.45) is 17.8 Å². The van der Waals surface area contributed by atoms with E-state index < -0.39 is 5.97 Å². The van der Waals surface area contributed by atoms with Crippen LogP contribution in [0.5, 0.6) is 0 Å². The molecule has 0 amide bonds. The van der Waals surface area contributed by atoms with E-state index in [1.807, 2.05) is 0 Å². The zero-order chi connectivity index (χ0) is 21.7. The molecule has 0 saturated heterocycles. The van der Waals surface area contributed by atoms with E-state index in [-0.39, 0.29) is 5.92 Å². The number of hydrogen-bond donors (Lipinski definition) is 1. The van der Waals surface area contributed by atoms with Crippen molar-refractivity contribution in [3.63, 3.8) is 0 Å². The molecule has 29 heavy (non-hydrogen) atoms. The molecule has 3 atom stereocenters. The van der Waals surface area contributed by atoms with Crippen molar-refractivity contribution in [1.82, 2.24) is 0 Å². The molecule has 0 aromatic carbocycles. The number of carboxylic acid groups (broad SMARTS) is 1. The van der Waals surface area contributed by atoms with E-state index in [1.54, 1.807) is 0 Å². The minimum atomic E-state index is -0.561. The summed E-state index contributed by atoms with van der Waals surface area (Å²) in [4.78, 5) is 11.8. The first-order chi connectivity index (χ1) is 14.0. The molecule has 0 rings (SSSR count). The zero-order valence-corrected chi connectivity index (χ0v) is 20.5. The van der Waals surface area contributed by atoms with Gasteiger partial charge in [0.1, 0.15) is 0 Å². The van der Waals surface area contributed by atoms with E-state index in [0.717, 1.165) is 19.3 Å². The summed E-state index contributed by atoms with van der Waals surface area (Å²) < 4.78 is 0. The van der Waals surface area contributed by atoms with E-state index in [1.165, 1.54) is 103 Å². The molecule has 0 radical (unpaired) electrons. The fourth-order valence-electron chi connectivity index (χ4n) is 4.64. The van der Waals surface area contributed by atoms with Gasteiger partial charge in [-0.25, -0.2) is 0 Å². The van der Waals surface area contributed by atoms with E-state index in [2.05, 4.69) is 27.7 Å². The summed E-state index contributed by atoms with van der Waals surface area (Å²) in [6, 6.07) is 0. The summed E-state index contributed by atoms with van der Waals surface area (Å²) in [7, 11) is 0. The maximum atomic E-state index is 11.8. The second-order valence-corrected chi connectivity index (χ2v) is 9.72. The molecule has 174 valence electrons. The summed E-state index contributed by atoms with van der Waals surface area (Å²) in [5, 5.41) is 9.69. The SMILES string of the molecule is CCCCCCCCCCCCC(C)CCC(CC(CCC)CCCC)C(=O)O.